The second-order valence-corrected chi connectivity index (χ2v) is 6.11. The van der Waals surface area contributed by atoms with Gasteiger partial charge >= 0.3 is 12.1 Å². The van der Waals surface area contributed by atoms with Crippen molar-refractivity contribution in [2.75, 3.05) is 7.05 Å². The minimum Gasteiger partial charge on any atom is -0.374 e. The van der Waals surface area contributed by atoms with E-state index in [1.165, 1.54) is 29.4 Å². The molecule has 5 nitrogen and oxygen atoms in total. The van der Waals surface area contributed by atoms with Crippen LogP contribution in [0.4, 0.5) is 9.18 Å². The first-order chi connectivity index (χ1) is 11.3. The van der Waals surface area contributed by atoms with Crippen LogP contribution in [0.1, 0.15) is 31.9 Å². The van der Waals surface area contributed by atoms with E-state index in [4.69, 9.17) is 4.74 Å². The molecule has 0 unspecified atom stereocenters. The van der Waals surface area contributed by atoms with E-state index in [2.05, 4.69) is 21.8 Å². The van der Waals surface area contributed by atoms with Gasteiger partial charge in [-0.3, -0.25) is 0 Å². The lowest BCUT2D eigenvalue weighted by Gasteiger charge is -2.30. The lowest BCUT2D eigenvalue weighted by atomic mass is 10.1. The fourth-order valence-corrected chi connectivity index (χ4v) is 1.56. The molecule has 0 fully saturated rings. The predicted molar refractivity (Wildman–Crippen MR) is 88.0 cm³/mol. The number of ether oxygens (including phenoxy) is 1. The van der Waals surface area contributed by atoms with Crippen molar-refractivity contribution in [3.63, 3.8) is 0 Å². The maximum absolute atomic E-state index is 13.1. The fourth-order valence-electron chi connectivity index (χ4n) is 1.56. The Balaban J connectivity index is 2.05. The minimum atomic E-state index is -0.541. The third-order valence-electron chi connectivity index (χ3n) is 3.26. The van der Waals surface area contributed by atoms with Crippen molar-refractivity contribution >= 4 is 6.09 Å². The molecule has 0 saturated heterocycles. The SMILES string of the molecule is CN(C(=O)Oc1ncc(C#Cc2cccc(F)c2)cn1)C(C)(C)C. The Morgan fingerprint density at radius 2 is 1.79 bits per heavy atom. The summed E-state index contributed by atoms with van der Waals surface area (Å²) >= 11 is 0. The molecule has 0 aliphatic carbocycles. The van der Waals surface area contributed by atoms with E-state index < -0.39 is 6.09 Å². The second kappa shape index (κ2) is 7.09. The Morgan fingerprint density at radius 3 is 2.38 bits per heavy atom. The second-order valence-electron chi connectivity index (χ2n) is 6.11. The van der Waals surface area contributed by atoms with E-state index >= 15 is 0 Å². The number of hydrogen-bond donors (Lipinski definition) is 0. The van der Waals surface area contributed by atoms with Crippen LogP contribution in [0.2, 0.25) is 0 Å². The van der Waals surface area contributed by atoms with Crippen molar-refractivity contribution in [3.05, 3.63) is 53.6 Å². The molecule has 0 saturated carbocycles. The summed E-state index contributed by atoms with van der Waals surface area (Å²) in [5.74, 6) is 5.29. The Morgan fingerprint density at radius 1 is 1.17 bits per heavy atom. The zero-order valence-electron chi connectivity index (χ0n) is 14.0. The third kappa shape index (κ3) is 4.78. The third-order valence-corrected chi connectivity index (χ3v) is 3.26. The van der Waals surface area contributed by atoms with Crippen LogP contribution in [0.15, 0.2) is 36.7 Å². The summed E-state index contributed by atoms with van der Waals surface area (Å²) in [6.45, 7) is 5.67. The molecule has 1 aromatic carbocycles. The number of nitrogens with zero attached hydrogens (tertiary/aromatic N) is 3. The molecule has 0 radical (unpaired) electrons. The lowest BCUT2D eigenvalue weighted by molar-refractivity contribution is 0.121. The highest BCUT2D eigenvalue weighted by Crippen LogP contribution is 2.13. The maximum Gasteiger partial charge on any atom is 0.417 e. The molecule has 0 atom stereocenters. The van der Waals surface area contributed by atoms with E-state index in [1.54, 1.807) is 19.2 Å². The summed E-state index contributed by atoms with van der Waals surface area (Å²) in [5.41, 5.74) is 0.716. The summed E-state index contributed by atoms with van der Waals surface area (Å²) in [5, 5.41) is 0. The highest BCUT2D eigenvalue weighted by atomic mass is 19.1. The van der Waals surface area contributed by atoms with Crippen LogP contribution in [0.25, 0.3) is 0 Å². The van der Waals surface area contributed by atoms with Crippen LogP contribution in [0, 0.1) is 17.7 Å². The van der Waals surface area contributed by atoms with Gasteiger partial charge in [-0.1, -0.05) is 17.9 Å². The van der Waals surface area contributed by atoms with Crippen LogP contribution in [0.5, 0.6) is 6.01 Å². The van der Waals surface area contributed by atoms with Crippen molar-refractivity contribution in [1.82, 2.24) is 14.9 Å². The number of hydrogen-bond acceptors (Lipinski definition) is 4. The summed E-state index contributed by atoms with van der Waals surface area (Å²) in [6, 6.07) is 5.94. The van der Waals surface area contributed by atoms with Gasteiger partial charge < -0.3 is 9.64 Å². The van der Waals surface area contributed by atoms with Crippen molar-refractivity contribution < 1.29 is 13.9 Å². The van der Waals surface area contributed by atoms with Gasteiger partial charge in [0.25, 0.3) is 0 Å². The highest BCUT2D eigenvalue weighted by Gasteiger charge is 2.24. The number of halogens is 1. The van der Waals surface area contributed by atoms with Crippen LogP contribution in [-0.4, -0.2) is 33.5 Å². The van der Waals surface area contributed by atoms with Crippen LogP contribution < -0.4 is 4.74 Å². The molecule has 0 spiro atoms. The smallest absolute Gasteiger partial charge is 0.374 e. The standard InChI is InChI=1S/C18H18FN3O2/c1-18(2,3)22(4)17(23)24-16-20-11-14(12-21-16)9-8-13-6-5-7-15(19)10-13/h5-7,10-12H,1-4H3. The summed E-state index contributed by atoms with van der Waals surface area (Å²) in [6.07, 6.45) is 2.35. The maximum atomic E-state index is 13.1. The van der Waals surface area contributed by atoms with Gasteiger partial charge in [-0.25, -0.2) is 19.2 Å². The zero-order chi connectivity index (χ0) is 17.7. The molecule has 1 aromatic heterocycles. The monoisotopic (exact) mass is 327 g/mol. The van der Waals surface area contributed by atoms with Crippen LogP contribution in [-0.2, 0) is 0 Å². The fraction of sp³-hybridized carbons (Fsp3) is 0.278. The summed E-state index contributed by atoms with van der Waals surface area (Å²) < 4.78 is 18.2. The number of amides is 1. The predicted octanol–water partition coefficient (Wildman–Crippen LogP) is 3.24. The topological polar surface area (TPSA) is 55.3 Å². The van der Waals surface area contributed by atoms with Gasteiger partial charge in [-0.15, -0.1) is 0 Å². The lowest BCUT2D eigenvalue weighted by Crippen LogP contribution is -2.44. The van der Waals surface area contributed by atoms with E-state index in [-0.39, 0.29) is 17.4 Å². The molecule has 2 rings (SSSR count). The van der Waals surface area contributed by atoms with E-state index in [0.29, 0.717) is 11.1 Å². The van der Waals surface area contributed by atoms with Gasteiger partial charge in [-0.05, 0) is 39.0 Å². The summed E-state index contributed by atoms with van der Waals surface area (Å²) in [4.78, 5) is 21.3. The molecule has 0 N–H and O–H groups in total. The van der Waals surface area contributed by atoms with Gasteiger partial charge in [0.15, 0.2) is 0 Å². The van der Waals surface area contributed by atoms with Crippen molar-refractivity contribution in [1.29, 1.82) is 0 Å². The van der Waals surface area contributed by atoms with Gasteiger partial charge in [0, 0.05) is 30.5 Å². The first-order valence-corrected chi connectivity index (χ1v) is 7.31. The molecule has 2 aromatic rings. The first kappa shape index (κ1) is 17.4. The molecular weight excluding hydrogens is 309 g/mol. The van der Waals surface area contributed by atoms with E-state index in [1.807, 2.05) is 20.8 Å². The summed E-state index contributed by atoms with van der Waals surface area (Å²) in [7, 11) is 1.64. The molecule has 0 bridgehead atoms. The largest absolute Gasteiger partial charge is 0.417 e. The molecule has 0 aliphatic rings. The normalized spacial score (nSPS) is 10.5. The number of aromatic nitrogens is 2. The number of rotatable bonds is 1. The first-order valence-electron chi connectivity index (χ1n) is 7.31. The molecular formula is C18H18FN3O2. The quantitative estimate of drug-likeness (QED) is 0.755. The Bertz CT molecular complexity index is 786. The molecule has 1 amide bonds. The van der Waals surface area contributed by atoms with Crippen LogP contribution >= 0.6 is 0 Å². The van der Waals surface area contributed by atoms with E-state index in [9.17, 15) is 9.18 Å². The van der Waals surface area contributed by atoms with Crippen molar-refractivity contribution in [3.8, 4) is 17.9 Å². The Labute approximate surface area is 140 Å². The van der Waals surface area contributed by atoms with Gasteiger partial charge in [0.05, 0.1) is 5.56 Å². The van der Waals surface area contributed by atoms with Crippen molar-refractivity contribution in [2.24, 2.45) is 0 Å². The Hall–Kier alpha value is -2.94. The minimum absolute atomic E-state index is 0.0487. The van der Waals surface area contributed by atoms with Gasteiger partial charge in [0.2, 0.25) is 0 Å². The van der Waals surface area contributed by atoms with Gasteiger partial charge in [-0.2, -0.15) is 0 Å². The highest BCUT2D eigenvalue weighted by molar-refractivity contribution is 5.70. The van der Waals surface area contributed by atoms with Crippen LogP contribution in [0.3, 0.4) is 0 Å². The zero-order valence-corrected chi connectivity index (χ0v) is 14.0. The number of carbonyl (C=O) groups excluding carboxylic acids is 1. The van der Waals surface area contributed by atoms with E-state index in [0.717, 1.165) is 0 Å². The molecule has 124 valence electrons. The molecule has 24 heavy (non-hydrogen) atoms. The average molecular weight is 327 g/mol. The van der Waals surface area contributed by atoms with Crippen molar-refractivity contribution in [2.45, 2.75) is 26.3 Å². The Kier molecular flexibility index (Phi) is 5.14. The van der Waals surface area contributed by atoms with Gasteiger partial charge in [0.1, 0.15) is 5.82 Å². The molecule has 0 aliphatic heterocycles. The number of carbonyl (C=O) groups is 1. The molecule has 6 heteroatoms. The average Bonchev–Trinajstić information content (AvgIpc) is 2.52. The molecule has 1 heterocycles. The number of benzene rings is 1.